The maximum atomic E-state index is 11.7. The summed E-state index contributed by atoms with van der Waals surface area (Å²) >= 11 is 0. The molecule has 1 heterocycles. The number of anilines is 1. The highest BCUT2D eigenvalue weighted by molar-refractivity contribution is 5.98. The van der Waals surface area contributed by atoms with Crippen LogP contribution in [0.2, 0.25) is 0 Å². The number of carbonyl (C=O) groups excluding carboxylic acids is 1. The highest BCUT2D eigenvalue weighted by atomic mass is 16.6. The Kier molecular flexibility index (Phi) is 3.20. The van der Waals surface area contributed by atoms with Gasteiger partial charge in [-0.2, -0.15) is 5.10 Å². The maximum Gasteiger partial charge on any atom is 0.413 e. The van der Waals surface area contributed by atoms with Crippen LogP contribution in [-0.2, 0) is 4.74 Å². The summed E-state index contributed by atoms with van der Waals surface area (Å²) in [4.78, 5) is 22.2. The summed E-state index contributed by atoms with van der Waals surface area (Å²) in [6.07, 6.45) is -0.606. The van der Waals surface area contributed by atoms with Gasteiger partial charge in [-0.15, -0.1) is 4.91 Å². The first-order valence-corrected chi connectivity index (χ1v) is 5.70. The van der Waals surface area contributed by atoms with Crippen LogP contribution in [0.15, 0.2) is 23.4 Å². The second-order valence-corrected chi connectivity index (χ2v) is 5.02. The fourth-order valence-electron chi connectivity index (χ4n) is 1.55. The number of amides is 1. The van der Waals surface area contributed by atoms with E-state index < -0.39 is 11.7 Å². The first-order valence-electron chi connectivity index (χ1n) is 5.70. The number of hydrogen-bond acceptors (Lipinski definition) is 5. The molecule has 0 radical (unpaired) electrons. The van der Waals surface area contributed by atoms with Crippen molar-refractivity contribution in [2.45, 2.75) is 26.4 Å². The number of aromatic nitrogens is 2. The SMILES string of the molecule is CC(C)(C)OC(=O)Nc1n[nH]c2ccc(N=O)cc12. The quantitative estimate of drug-likeness (QED) is 0.811. The average molecular weight is 262 g/mol. The van der Waals surface area contributed by atoms with Gasteiger partial charge < -0.3 is 4.74 Å². The van der Waals surface area contributed by atoms with E-state index >= 15 is 0 Å². The number of nitroso groups, excluding NO2 is 1. The maximum absolute atomic E-state index is 11.7. The van der Waals surface area contributed by atoms with Gasteiger partial charge in [0.2, 0.25) is 0 Å². The minimum absolute atomic E-state index is 0.265. The number of rotatable bonds is 2. The third-order valence-electron chi connectivity index (χ3n) is 2.27. The monoisotopic (exact) mass is 262 g/mol. The van der Waals surface area contributed by atoms with Crippen LogP contribution in [0.4, 0.5) is 16.3 Å². The molecular weight excluding hydrogens is 248 g/mol. The van der Waals surface area contributed by atoms with Crippen LogP contribution in [0.5, 0.6) is 0 Å². The van der Waals surface area contributed by atoms with E-state index in [1.807, 2.05) is 0 Å². The molecule has 0 aliphatic carbocycles. The molecule has 1 aromatic carbocycles. The van der Waals surface area contributed by atoms with Crippen molar-refractivity contribution in [1.29, 1.82) is 0 Å². The predicted molar refractivity (Wildman–Crippen MR) is 71.4 cm³/mol. The summed E-state index contributed by atoms with van der Waals surface area (Å²) in [5.74, 6) is 0.301. The fraction of sp³-hybridized carbons (Fsp3) is 0.333. The third kappa shape index (κ3) is 3.06. The Morgan fingerprint density at radius 2 is 2.16 bits per heavy atom. The molecule has 0 fully saturated rings. The topological polar surface area (TPSA) is 96.4 Å². The van der Waals surface area contributed by atoms with Crippen molar-refractivity contribution in [1.82, 2.24) is 10.2 Å². The number of fused-ring (bicyclic) bond motifs is 1. The van der Waals surface area contributed by atoms with E-state index in [4.69, 9.17) is 4.74 Å². The van der Waals surface area contributed by atoms with Crippen molar-refractivity contribution in [3.63, 3.8) is 0 Å². The molecule has 2 rings (SSSR count). The van der Waals surface area contributed by atoms with Crippen molar-refractivity contribution in [2.75, 3.05) is 5.32 Å². The Labute approximate surface area is 109 Å². The van der Waals surface area contributed by atoms with Crippen molar-refractivity contribution in [3.05, 3.63) is 23.1 Å². The van der Waals surface area contributed by atoms with Crippen molar-refractivity contribution < 1.29 is 9.53 Å². The van der Waals surface area contributed by atoms with E-state index in [-0.39, 0.29) is 5.69 Å². The minimum atomic E-state index is -0.606. The Balaban J connectivity index is 2.25. The first-order chi connectivity index (χ1) is 8.89. The number of ether oxygens (including phenoxy) is 1. The smallest absolute Gasteiger partial charge is 0.413 e. The summed E-state index contributed by atoms with van der Waals surface area (Å²) in [7, 11) is 0. The first kappa shape index (κ1) is 13.0. The molecule has 0 aliphatic rings. The molecule has 100 valence electrons. The second kappa shape index (κ2) is 4.68. The summed E-state index contributed by atoms with van der Waals surface area (Å²) < 4.78 is 5.13. The van der Waals surface area contributed by atoms with Gasteiger partial charge in [-0.3, -0.25) is 10.4 Å². The van der Waals surface area contributed by atoms with Gasteiger partial charge in [-0.1, -0.05) is 0 Å². The Morgan fingerprint density at radius 3 is 2.79 bits per heavy atom. The van der Waals surface area contributed by atoms with Crippen LogP contribution in [0, 0.1) is 4.91 Å². The predicted octanol–water partition coefficient (Wildman–Crippen LogP) is 3.31. The molecule has 0 unspecified atom stereocenters. The Hall–Kier alpha value is -2.44. The van der Waals surface area contributed by atoms with E-state index in [2.05, 4.69) is 20.7 Å². The van der Waals surface area contributed by atoms with Crippen LogP contribution in [0.3, 0.4) is 0 Å². The molecule has 0 saturated heterocycles. The lowest BCUT2D eigenvalue weighted by Gasteiger charge is -2.19. The van der Waals surface area contributed by atoms with Crippen LogP contribution < -0.4 is 5.32 Å². The molecular formula is C12H14N4O3. The number of nitrogens with one attached hydrogen (secondary N) is 2. The van der Waals surface area contributed by atoms with E-state index in [1.54, 1.807) is 39.0 Å². The molecule has 0 bridgehead atoms. The lowest BCUT2D eigenvalue weighted by molar-refractivity contribution is 0.0635. The lowest BCUT2D eigenvalue weighted by atomic mass is 10.2. The van der Waals surface area contributed by atoms with Gasteiger partial charge in [0.25, 0.3) is 0 Å². The highest BCUT2D eigenvalue weighted by Gasteiger charge is 2.18. The molecule has 0 aliphatic heterocycles. The van der Waals surface area contributed by atoms with Crippen molar-refractivity contribution in [3.8, 4) is 0 Å². The molecule has 7 heteroatoms. The van der Waals surface area contributed by atoms with Gasteiger partial charge >= 0.3 is 6.09 Å². The van der Waals surface area contributed by atoms with Crippen LogP contribution in [0.1, 0.15) is 20.8 Å². The molecule has 0 spiro atoms. The molecule has 0 saturated carbocycles. The Bertz CT molecular complexity index is 627. The number of benzene rings is 1. The third-order valence-corrected chi connectivity index (χ3v) is 2.27. The summed E-state index contributed by atoms with van der Waals surface area (Å²) in [5.41, 5.74) is 0.366. The molecule has 7 nitrogen and oxygen atoms in total. The molecule has 2 N–H and O–H groups in total. The van der Waals surface area contributed by atoms with Gasteiger partial charge in [-0.05, 0) is 44.1 Å². The van der Waals surface area contributed by atoms with Gasteiger partial charge in [0.05, 0.1) is 5.52 Å². The normalized spacial score (nSPS) is 11.3. The Morgan fingerprint density at radius 1 is 1.42 bits per heavy atom. The minimum Gasteiger partial charge on any atom is -0.444 e. The number of aromatic amines is 1. The van der Waals surface area contributed by atoms with Crippen LogP contribution in [-0.4, -0.2) is 21.9 Å². The van der Waals surface area contributed by atoms with Crippen LogP contribution >= 0.6 is 0 Å². The van der Waals surface area contributed by atoms with E-state index in [0.717, 1.165) is 0 Å². The molecule has 1 amide bonds. The number of carbonyl (C=O) groups is 1. The molecule has 2 aromatic rings. The highest BCUT2D eigenvalue weighted by Crippen LogP contribution is 2.25. The zero-order valence-corrected chi connectivity index (χ0v) is 10.9. The van der Waals surface area contributed by atoms with E-state index in [9.17, 15) is 9.70 Å². The largest absolute Gasteiger partial charge is 0.444 e. The van der Waals surface area contributed by atoms with Gasteiger partial charge in [0.1, 0.15) is 11.3 Å². The summed E-state index contributed by atoms with van der Waals surface area (Å²) in [6, 6.07) is 4.77. The van der Waals surface area contributed by atoms with Crippen molar-refractivity contribution in [2.24, 2.45) is 5.18 Å². The van der Waals surface area contributed by atoms with Gasteiger partial charge in [-0.25, -0.2) is 4.79 Å². The van der Waals surface area contributed by atoms with Crippen LogP contribution in [0.25, 0.3) is 10.9 Å². The van der Waals surface area contributed by atoms with Gasteiger partial charge in [0, 0.05) is 5.39 Å². The van der Waals surface area contributed by atoms with Gasteiger partial charge in [0.15, 0.2) is 5.82 Å². The standard InChI is InChI=1S/C12H14N4O3/c1-12(2,3)19-11(17)13-10-8-6-7(16-18)4-5-9(8)14-15-10/h4-6H,1-3H3,(H2,13,14,15,17). The molecule has 1 aromatic heterocycles. The number of nitrogens with zero attached hydrogens (tertiary/aromatic N) is 2. The van der Waals surface area contributed by atoms with Crippen molar-refractivity contribution >= 4 is 28.5 Å². The lowest BCUT2D eigenvalue weighted by Crippen LogP contribution is -2.27. The molecule has 19 heavy (non-hydrogen) atoms. The summed E-state index contributed by atoms with van der Waals surface area (Å²) in [6.45, 7) is 5.30. The molecule has 0 atom stereocenters. The number of hydrogen-bond donors (Lipinski definition) is 2. The van der Waals surface area contributed by atoms with E-state index in [1.165, 1.54) is 0 Å². The average Bonchev–Trinajstić information content (AvgIpc) is 2.69. The van der Waals surface area contributed by atoms with E-state index in [0.29, 0.717) is 16.7 Å². The zero-order chi connectivity index (χ0) is 14.0. The summed E-state index contributed by atoms with van der Waals surface area (Å²) in [5, 5.41) is 12.7. The fourth-order valence-corrected chi connectivity index (χ4v) is 1.55. The second-order valence-electron chi connectivity index (χ2n) is 5.02. The zero-order valence-electron chi connectivity index (χ0n) is 10.9. The number of H-pyrrole nitrogens is 1.